The minimum Gasteiger partial charge on any atom is -0.494 e. The van der Waals surface area contributed by atoms with Crippen molar-refractivity contribution in [3.05, 3.63) is 30.5 Å². The fourth-order valence-electron chi connectivity index (χ4n) is 1.78. The highest BCUT2D eigenvalue weighted by Crippen LogP contribution is 2.25. The number of hydrogen-bond acceptors (Lipinski definition) is 3. The van der Waals surface area contributed by atoms with Crippen LogP contribution in [0.4, 0.5) is 5.69 Å². The van der Waals surface area contributed by atoms with Crippen LogP contribution in [0.5, 0.6) is 5.75 Å². The minimum absolute atomic E-state index is 0.752. The van der Waals surface area contributed by atoms with E-state index in [2.05, 4.69) is 30.2 Å². The lowest BCUT2D eigenvalue weighted by atomic mass is 10.2. The minimum atomic E-state index is 0.752. The molecule has 0 spiro atoms. The second-order valence-electron chi connectivity index (χ2n) is 3.92. The summed E-state index contributed by atoms with van der Waals surface area (Å²) in [5.41, 5.74) is 2.10. The van der Waals surface area contributed by atoms with E-state index in [9.17, 15) is 0 Å². The van der Waals surface area contributed by atoms with E-state index < -0.39 is 0 Å². The molecule has 0 atom stereocenters. The van der Waals surface area contributed by atoms with Gasteiger partial charge in [0.1, 0.15) is 5.75 Å². The molecule has 3 nitrogen and oxygen atoms in total. The van der Waals surface area contributed by atoms with Crippen LogP contribution in [-0.2, 0) is 0 Å². The first-order valence-corrected chi connectivity index (χ1v) is 6.10. The summed E-state index contributed by atoms with van der Waals surface area (Å²) in [6, 6.07) is 8.02. The van der Waals surface area contributed by atoms with Crippen LogP contribution in [0.2, 0.25) is 0 Å². The molecule has 0 aliphatic heterocycles. The molecule has 1 N–H and O–H groups in total. The van der Waals surface area contributed by atoms with E-state index in [4.69, 9.17) is 4.74 Å². The standard InChI is InChI=1S/C14H18N2O/c1-3-9-17-11-5-6-13-12(10-11)14(15-4-2)7-8-16-13/h5-8,10H,3-4,9H2,1-2H3,(H,15,16). The lowest BCUT2D eigenvalue weighted by Crippen LogP contribution is -1.99. The molecule has 0 aliphatic carbocycles. The Labute approximate surface area is 102 Å². The molecule has 0 saturated heterocycles. The summed E-state index contributed by atoms with van der Waals surface area (Å²) in [6.45, 7) is 5.85. The van der Waals surface area contributed by atoms with Crippen LogP contribution < -0.4 is 10.1 Å². The Hall–Kier alpha value is -1.77. The van der Waals surface area contributed by atoms with Crippen molar-refractivity contribution >= 4 is 16.6 Å². The molecular weight excluding hydrogens is 212 g/mol. The zero-order chi connectivity index (χ0) is 12.1. The molecule has 0 saturated carbocycles. The van der Waals surface area contributed by atoms with Crippen molar-refractivity contribution in [2.75, 3.05) is 18.5 Å². The van der Waals surface area contributed by atoms with E-state index in [1.807, 2.05) is 24.4 Å². The van der Waals surface area contributed by atoms with Crippen LogP contribution in [0.1, 0.15) is 20.3 Å². The SMILES string of the molecule is CCCOc1ccc2nccc(NCC)c2c1. The molecule has 0 fully saturated rings. The van der Waals surface area contributed by atoms with Gasteiger partial charge in [-0.05, 0) is 37.6 Å². The summed E-state index contributed by atoms with van der Waals surface area (Å²) >= 11 is 0. The fraction of sp³-hybridized carbons (Fsp3) is 0.357. The smallest absolute Gasteiger partial charge is 0.120 e. The molecule has 2 aromatic rings. The number of fused-ring (bicyclic) bond motifs is 1. The molecule has 0 radical (unpaired) electrons. The third-order valence-electron chi connectivity index (χ3n) is 2.55. The van der Waals surface area contributed by atoms with Gasteiger partial charge in [-0.1, -0.05) is 6.92 Å². The molecule has 0 bridgehead atoms. The van der Waals surface area contributed by atoms with Crippen LogP contribution in [-0.4, -0.2) is 18.1 Å². The quantitative estimate of drug-likeness (QED) is 0.854. The normalized spacial score (nSPS) is 10.5. The predicted molar refractivity (Wildman–Crippen MR) is 71.7 cm³/mol. The van der Waals surface area contributed by atoms with Crippen LogP contribution in [0, 0.1) is 0 Å². The van der Waals surface area contributed by atoms with Gasteiger partial charge in [-0.2, -0.15) is 0 Å². The zero-order valence-corrected chi connectivity index (χ0v) is 10.4. The summed E-state index contributed by atoms with van der Waals surface area (Å²) in [6.07, 6.45) is 2.85. The number of nitrogens with one attached hydrogen (secondary N) is 1. The summed E-state index contributed by atoms with van der Waals surface area (Å²) in [5.74, 6) is 0.909. The maximum Gasteiger partial charge on any atom is 0.120 e. The number of pyridine rings is 1. The van der Waals surface area contributed by atoms with E-state index >= 15 is 0 Å². The summed E-state index contributed by atoms with van der Waals surface area (Å²) in [7, 11) is 0. The van der Waals surface area contributed by atoms with Crippen molar-refractivity contribution in [3.63, 3.8) is 0 Å². The van der Waals surface area contributed by atoms with Gasteiger partial charge in [0, 0.05) is 23.8 Å². The molecule has 1 aromatic carbocycles. The molecule has 17 heavy (non-hydrogen) atoms. The number of aromatic nitrogens is 1. The van der Waals surface area contributed by atoms with Crippen molar-refractivity contribution in [1.29, 1.82) is 0 Å². The van der Waals surface area contributed by atoms with Crippen molar-refractivity contribution in [2.45, 2.75) is 20.3 Å². The van der Waals surface area contributed by atoms with Crippen LogP contribution in [0.3, 0.4) is 0 Å². The monoisotopic (exact) mass is 230 g/mol. The largest absolute Gasteiger partial charge is 0.494 e. The first-order chi connectivity index (χ1) is 8.35. The van der Waals surface area contributed by atoms with Crippen LogP contribution in [0.15, 0.2) is 30.5 Å². The molecule has 0 unspecified atom stereocenters. The first kappa shape index (κ1) is 11.7. The molecular formula is C14H18N2O. The average molecular weight is 230 g/mol. The molecule has 1 aromatic heterocycles. The Kier molecular flexibility index (Phi) is 3.81. The molecule has 0 aliphatic rings. The zero-order valence-electron chi connectivity index (χ0n) is 10.4. The first-order valence-electron chi connectivity index (χ1n) is 6.10. The summed E-state index contributed by atoms with van der Waals surface area (Å²) in [4.78, 5) is 4.35. The second-order valence-corrected chi connectivity index (χ2v) is 3.92. The van der Waals surface area contributed by atoms with Gasteiger partial charge in [0.15, 0.2) is 0 Å². The third kappa shape index (κ3) is 2.67. The topological polar surface area (TPSA) is 34.1 Å². The number of hydrogen-bond donors (Lipinski definition) is 1. The lowest BCUT2D eigenvalue weighted by molar-refractivity contribution is 0.318. The highest BCUT2D eigenvalue weighted by molar-refractivity contribution is 5.92. The highest BCUT2D eigenvalue weighted by atomic mass is 16.5. The van der Waals surface area contributed by atoms with E-state index in [1.54, 1.807) is 0 Å². The number of benzene rings is 1. The van der Waals surface area contributed by atoms with Crippen LogP contribution in [0.25, 0.3) is 10.9 Å². The van der Waals surface area contributed by atoms with Crippen molar-refractivity contribution in [2.24, 2.45) is 0 Å². The molecule has 2 rings (SSSR count). The van der Waals surface area contributed by atoms with Gasteiger partial charge in [0.2, 0.25) is 0 Å². The molecule has 0 amide bonds. The predicted octanol–water partition coefficient (Wildman–Crippen LogP) is 3.46. The van der Waals surface area contributed by atoms with Gasteiger partial charge in [0.05, 0.1) is 12.1 Å². The molecule has 3 heteroatoms. The van der Waals surface area contributed by atoms with E-state index in [-0.39, 0.29) is 0 Å². The van der Waals surface area contributed by atoms with Crippen molar-refractivity contribution in [1.82, 2.24) is 4.98 Å². The molecule has 90 valence electrons. The highest BCUT2D eigenvalue weighted by Gasteiger charge is 2.03. The van der Waals surface area contributed by atoms with Crippen molar-refractivity contribution in [3.8, 4) is 5.75 Å². The van der Waals surface area contributed by atoms with Crippen molar-refractivity contribution < 1.29 is 4.74 Å². The Bertz CT molecular complexity index is 497. The summed E-state index contributed by atoms with van der Waals surface area (Å²) < 4.78 is 5.64. The summed E-state index contributed by atoms with van der Waals surface area (Å²) in [5, 5.41) is 4.45. The molecule has 1 heterocycles. The Morgan fingerprint density at radius 3 is 2.88 bits per heavy atom. The van der Waals surface area contributed by atoms with Gasteiger partial charge >= 0.3 is 0 Å². The maximum atomic E-state index is 5.64. The lowest BCUT2D eigenvalue weighted by Gasteiger charge is -2.09. The van der Waals surface area contributed by atoms with Gasteiger partial charge in [-0.3, -0.25) is 4.98 Å². The number of anilines is 1. The number of rotatable bonds is 5. The Morgan fingerprint density at radius 2 is 2.12 bits per heavy atom. The van der Waals surface area contributed by atoms with E-state index in [1.165, 1.54) is 0 Å². The maximum absolute atomic E-state index is 5.64. The Balaban J connectivity index is 2.38. The third-order valence-corrected chi connectivity index (χ3v) is 2.55. The number of ether oxygens (including phenoxy) is 1. The second kappa shape index (κ2) is 5.53. The average Bonchev–Trinajstić information content (AvgIpc) is 2.37. The number of nitrogens with zero attached hydrogens (tertiary/aromatic N) is 1. The fourth-order valence-corrected chi connectivity index (χ4v) is 1.78. The van der Waals surface area contributed by atoms with Gasteiger partial charge in [0.25, 0.3) is 0 Å². The van der Waals surface area contributed by atoms with E-state index in [0.717, 1.165) is 41.9 Å². The van der Waals surface area contributed by atoms with Gasteiger partial charge < -0.3 is 10.1 Å². The van der Waals surface area contributed by atoms with E-state index in [0.29, 0.717) is 0 Å². The van der Waals surface area contributed by atoms with Crippen LogP contribution >= 0.6 is 0 Å². The van der Waals surface area contributed by atoms with Gasteiger partial charge in [-0.15, -0.1) is 0 Å². The Morgan fingerprint density at radius 1 is 1.24 bits per heavy atom. The van der Waals surface area contributed by atoms with Gasteiger partial charge in [-0.25, -0.2) is 0 Å².